The highest BCUT2D eigenvalue weighted by molar-refractivity contribution is 6.68. The van der Waals surface area contributed by atoms with Crippen LogP contribution in [-0.2, 0) is 0 Å². The monoisotopic (exact) mass is 259 g/mol. The van der Waals surface area contributed by atoms with Crippen LogP contribution in [0.15, 0.2) is 12.3 Å². The molecule has 4 nitrogen and oxygen atoms in total. The second kappa shape index (κ2) is 5.27. The SMILES string of the molecule is CC.Cc1nn2ccc(Cl)nc2c1C(=O)Cl. The van der Waals surface area contributed by atoms with E-state index in [0.29, 0.717) is 22.1 Å². The minimum atomic E-state index is -0.577. The zero-order chi connectivity index (χ0) is 12.3. The van der Waals surface area contributed by atoms with E-state index in [4.69, 9.17) is 23.2 Å². The van der Waals surface area contributed by atoms with Crippen LogP contribution < -0.4 is 0 Å². The Morgan fingerprint density at radius 3 is 2.62 bits per heavy atom. The van der Waals surface area contributed by atoms with Gasteiger partial charge in [-0.2, -0.15) is 5.10 Å². The Labute approximate surface area is 103 Å². The third kappa shape index (κ3) is 2.33. The molecule has 6 heteroatoms. The summed E-state index contributed by atoms with van der Waals surface area (Å²) in [6.45, 7) is 5.69. The average Bonchev–Trinajstić information content (AvgIpc) is 2.56. The number of aromatic nitrogens is 3. The van der Waals surface area contributed by atoms with Gasteiger partial charge in [-0.25, -0.2) is 9.50 Å². The summed E-state index contributed by atoms with van der Waals surface area (Å²) < 4.78 is 1.47. The third-order valence-electron chi connectivity index (χ3n) is 1.82. The van der Waals surface area contributed by atoms with Gasteiger partial charge in [0.2, 0.25) is 0 Å². The van der Waals surface area contributed by atoms with Crippen molar-refractivity contribution < 1.29 is 4.79 Å². The molecule has 0 fully saturated rings. The lowest BCUT2D eigenvalue weighted by molar-refractivity contribution is 0.108. The van der Waals surface area contributed by atoms with E-state index >= 15 is 0 Å². The Morgan fingerprint density at radius 2 is 2.06 bits per heavy atom. The largest absolute Gasteiger partial charge is 0.275 e. The maximum Gasteiger partial charge on any atom is 0.258 e. The van der Waals surface area contributed by atoms with Crippen molar-refractivity contribution in [2.45, 2.75) is 20.8 Å². The van der Waals surface area contributed by atoms with Crippen molar-refractivity contribution in [3.05, 3.63) is 28.7 Å². The van der Waals surface area contributed by atoms with Crippen LogP contribution in [-0.4, -0.2) is 19.8 Å². The molecule has 0 unspecified atom stereocenters. The Kier molecular flexibility index (Phi) is 4.26. The lowest BCUT2D eigenvalue weighted by Gasteiger charge is -1.93. The van der Waals surface area contributed by atoms with E-state index in [9.17, 15) is 4.79 Å². The van der Waals surface area contributed by atoms with Gasteiger partial charge in [-0.05, 0) is 24.6 Å². The molecule has 0 aliphatic rings. The second-order valence-electron chi connectivity index (χ2n) is 2.75. The molecule has 0 spiro atoms. The van der Waals surface area contributed by atoms with Crippen LogP contribution in [0.3, 0.4) is 0 Å². The molecular weight excluding hydrogens is 249 g/mol. The van der Waals surface area contributed by atoms with Crippen molar-refractivity contribution >= 4 is 34.1 Å². The molecule has 0 saturated carbocycles. The highest BCUT2D eigenvalue weighted by atomic mass is 35.5. The molecule has 2 aromatic rings. The van der Waals surface area contributed by atoms with Gasteiger partial charge in [0.15, 0.2) is 5.65 Å². The molecule has 0 aliphatic heterocycles. The van der Waals surface area contributed by atoms with Crippen molar-refractivity contribution in [2.24, 2.45) is 0 Å². The topological polar surface area (TPSA) is 47.3 Å². The molecule has 0 aliphatic carbocycles. The maximum atomic E-state index is 11.1. The summed E-state index contributed by atoms with van der Waals surface area (Å²) in [4.78, 5) is 15.1. The first-order valence-electron chi connectivity index (χ1n) is 4.81. The standard InChI is InChI=1S/C8H5Cl2N3O.C2H6/c1-4-6(7(10)14)8-11-5(9)2-3-13(8)12-4;1-2/h2-3H,1H3;1-2H3. The van der Waals surface area contributed by atoms with E-state index in [1.807, 2.05) is 13.8 Å². The number of nitrogens with zero attached hydrogens (tertiary/aromatic N) is 3. The number of fused-ring (bicyclic) bond motifs is 1. The lowest BCUT2D eigenvalue weighted by Crippen LogP contribution is -1.93. The van der Waals surface area contributed by atoms with E-state index in [0.717, 1.165) is 0 Å². The second-order valence-corrected chi connectivity index (χ2v) is 3.48. The summed E-state index contributed by atoms with van der Waals surface area (Å²) in [5, 5.41) is 3.79. The van der Waals surface area contributed by atoms with Crippen LogP contribution in [0.5, 0.6) is 0 Å². The fourth-order valence-electron chi connectivity index (χ4n) is 1.25. The zero-order valence-corrected chi connectivity index (χ0v) is 10.7. The summed E-state index contributed by atoms with van der Waals surface area (Å²) in [5.41, 5.74) is 1.23. The predicted octanol–water partition coefficient (Wildman–Crippen LogP) is 3.10. The van der Waals surface area contributed by atoms with Crippen molar-refractivity contribution in [1.82, 2.24) is 14.6 Å². The fourth-order valence-corrected chi connectivity index (χ4v) is 1.60. The van der Waals surface area contributed by atoms with Gasteiger partial charge in [0.25, 0.3) is 5.24 Å². The van der Waals surface area contributed by atoms with Crippen molar-refractivity contribution in [1.29, 1.82) is 0 Å². The summed E-state index contributed by atoms with van der Waals surface area (Å²) in [6, 6.07) is 1.59. The first kappa shape index (κ1) is 12.9. The Balaban J connectivity index is 0.000000606. The molecule has 0 amide bonds. The highest BCUT2D eigenvalue weighted by Gasteiger charge is 2.16. The van der Waals surface area contributed by atoms with E-state index in [1.165, 1.54) is 4.52 Å². The zero-order valence-electron chi connectivity index (χ0n) is 9.16. The summed E-state index contributed by atoms with van der Waals surface area (Å²) >= 11 is 11.1. The van der Waals surface area contributed by atoms with Crippen molar-refractivity contribution in [3.63, 3.8) is 0 Å². The average molecular weight is 260 g/mol. The van der Waals surface area contributed by atoms with Crippen molar-refractivity contribution in [3.8, 4) is 0 Å². The molecular formula is C10H11Cl2N3O. The normalized spacial score (nSPS) is 9.81. The summed E-state index contributed by atoms with van der Waals surface area (Å²) in [7, 11) is 0. The molecule has 86 valence electrons. The van der Waals surface area contributed by atoms with Crippen LogP contribution >= 0.6 is 23.2 Å². The molecule has 0 bridgehead atoms. The molecule has 0 atom stereocenters. The molecule has 2 heterocycles. The van der Waals surface area contributed by atoms with Gasteiger partial charge in [-0.3, -0.25) is 4.79 Å². The van der Waals surface area contributed by atoms with Gasteiger partial charge >= 0.3 is 0 Å². The summed E-state index contributed by atoms with van der Waals surface area (Å²) in [5.74, 6) is 0. The van der Waals surface area contributed by atoms with Gasteiger partial charge < -0.3 is 0 Å². The number of rotatable bonds is 1. The van der Waals surface area contributed by atoms with Crippen LogP contribution in [0.25, 0.3) is 5.65 Å². The maximum absolute atomic E-state index is 11.1. The molecule has 16 heavy (non-hydrogen) atoms. The molecule has 0 saturated heterocycles. The molecule has 0 N–H and O–H groups in total. The Hall–Kier alpha value is -1.13. The van der Waals surface area contributed by atoms with Gasteiger partial charge in [0.1, 0.15) is 10.7 Å². The number of aryl methyl sites for hydroxylation is 1. The van der Waals surface area contributed by atoms with Gasteiger partial charge in [0, 0.05) is 6.20 Å². The predicted molar refractivity (Wildman–Crippen MR) is 64.3 cm³/mol. The first-order chi connectivity index (χ1) is 7.59. The van der Waals surface area contributed by atoms with Crippen molar-refractivity contribution in [2.75, 3.05) is 0 Å². The Bertz CT molecular complexity index is 522. The van der Waals surface area contributed by atoms with Gasteiger partial charge in [-0.15, -0.1) is 0 Å². The van der Waals surface area contributed by atoms with E-state index in [1.54, 1.807) is 19.2 Å². The van der Waals surface area contributed by atoms with Crippen LogP contribution in [0.1, 0.15) is 29.9 Å². The summed E-state index contributed by atoms with van der Waals surface area (Å²) in [6.07, 6.45) is 1.63. The van der Waals surface area contributed by atoms with Crippen LogP contribution in [0.2, 0.25) is 5.15 Å². The molecule has 0 aromatic carbocycles. The highest BCUT2D eigenvalue weighted by Crippen LogP contribution is 2.17. The Morgan fingerprint density at radius 1 is 1.44 bits per heavy atom. The first-order valence-corrected chi connectivity index (χ1v) is 5.56. The quantitative estimate of drug-likeness (QED) is 0.584. The minimum Gasteiger partial charge on any atom is -0.275 e. The number of hydrogen-bond donors (Lipinski definition) is 0. The number of carbonyl (C=O) groups is 1. The fraction of sp³-hybridized carbons (Fsp3) is 0.300. The molecule has 2 aromatic heterocycles. The third-order valence-corrected chi connectivity index (χ3v) is 2.22. The van der Waals surface area contributed by atoms with E-state index in [-0.39, 0.29) is 0 Å². The smallest absolute Gasteiger partial charge is 0.258 e. The lowest BCUT2D eigenvalue weighted by atomic mass is 10.3. The molecule has 0 radical (unpaired) electrons. The van der Waals surface area contributed by atoms with Gasteiger partial charge in [0.05, 0.1) is 5.69 Å². The minimum absolute atomic E-state index is 0.300. The molecule has 2 rings (SSSR count). The van der Waals surface area contributed by atoms with Gasteiger partial charge in [-0.1, -0.05) is 25.4 Å². The van der Waals surface area contributed by atoms with E-state index < -0.39 is 5.24 Å². The van der Waals surface area contributed by atoms with E-state index in [2.05, 4.69) is 10.1 Å². The number of carbonyl (C=O) groups excluding carboxylic acids is 1. The van der Waals surface area contributed by atoms with Crippen LogP contribution in [0, 0.1) is 6.92 Å². The number of halogens is 2. The van der Waals surface area contributed by atoms with Crippen LogP contribution in [0.4, 0.5) is 0 Å². The number of hydrogen-bond acceptors (Lipinski definition) is 3.